The summed E-state index contributed by atoms with van der Waals surface area (Å²) in [5.74, 6) is -0.486. The third-order valence-electron chi connectivity index (χ3n) is 2.52. The fraction of sp³-hybridized carbons (Fsp3) is 0.364. The van der Waals surface area contributed by atoms with Crippen LogP contribution in [0.1, 0.15) is 12.5 Å². The third-order valence-corrected chi connectivity index (χ3v) is 4.37. The zero-order chi connectivity index (χ0) is 14.5. The summed E-state index contributed by atoms with van der Waals surface area (Å²) in [5.41, 5.74) is -0.122. The number of hydrogen-bond donors (Lipinski definition) is 0. The van der Waals surface area contributed by atoms with Crippen LogP contribution in [0, 0.1) is 21.4 Å². The minimum Gasteiger partial charge on any atom is -0.258 e. The number of para-hydroxylation sites is 1. The Kier molecular flexibility index (Phi) is 4.97. The molecule has 0 atom stereocenters. The van der Waals surface area contributed by atoms with Gasteiger partial charge in [0.05, 0.1) is 16.7 Å². The van der Waals surface area contributed by atoms with Crippen molar-refractivity contribution in [1.82, 2.24) is 4.31 Å². The molecule has 0 saturated carbocycles. The molecule has 1 rings (SSSR count). The maximum absolute atomic E-state index is 12.0. The fourth-order valence-corrected chi connectivity index (χ4v) is 3.05. The van der Waals surface area contributed by atoms with Crippen molar-refractivity contribution in [3.8, 4) is 6.07 Å². The number of nitro groups is 1. The van der Waals surface area contributed by atoms with Gasteiger partial charge in [0.25, 0.3) is 5.69 Å². The van der Waals surface area contributed by atoms with Crippen LogP contribution >= 0.6 is 0 Å². The number of sulfonamides is 1. The predicted molar refractivity (Wildman–Crippen MR) is 68.6 cm³/mol. The first kappa shape index (κ1) is 15.1. The molecule has 19 heavy (non-hydrogen) atoms. The average molecular weight is 283 g/mol. The third kappa shape index (κ3) is 3.74. The summed E-state index contributed by atoms with van der Waals surface area (Å²) in [5, 5.41) is 19.4. The molecule has 1 aromatic rings. The Hall–Kier alpha value is -1.98. The lowest BCUT2D eigenvalue weighted by Crippen LogP contribution is -2.32. The van der Waals surface area contributed by atoms with Crippen LogP contribution in [-0.4, -0.2) is 30.7 Å². The van der Waals surface area contributed by atoms with Gasteiger partial charge in [0.1, 0.15) is 6.54 Å². The Morgan fingerprint density at radius 2 is 2.05 bits per heavy atom. The van der Waals surface area contributed by atoms with E-state index in [4.69, 9.17) is 5.26 Å². The molecule has 0 aliphatic rings. The zero-order valence-corrected chi connectivity index (χ0v) is 11.1. The average Bonchev–Trinajstić information content (AvgIpc) is 2.35. The summed E-state index contributed by atoms with van der Waals surface area (Å²) < 4.78 is 25.1. The molecule has 0 fully saturated rings. The molecule has 102 valence electrons. The van der Waals surface area contributed by atoms with Gasteiger partial charge < -0.3 is 0 Å². The molecule has 0 aromatic heterocycles. The Labute approximate surface area is 111 Å². The molecular formula is C11H13N3O4S. The highest BCUT2D eigenvalue weighted by atomic mass is 32.2. The summed E-state index contributed by atoms with van der Waals surface area (Å²) in [6, 6.07) is 7.43. The molecule has 0 amide bonds. The lowest BCUT2D eigenvalue weighted by Gasteiger charge is -2.16. The van der Waals surface area contributed by atoms with E-state index in [9.17, 15) is 18.5 Å². The van der Waals surface area contributed by atoms with Gasteiger partial charge in [-0.1, -0.05) is 25.1 Å². The lowest BCUT2D eigenvalue weighted by atomic mass is 10.2. The van der Waals surface area contributed by atoms with E-state index >= 15 is 0 Å². The van der Waals surface area contributed by atoms with E-state index < -0.39 is 20.7 Å². The van der Waals surface area contributed by atoms with Crippen LogP contribution < -0.4 is 0 Å². The molecule has 0 spiro atoms. The molecule has 0 aliphatic carbocycles. The van der Waals surface area contributed by atoms with Crippen molar-refractivity contribution in [1.29, 1.82) is 5.26 Å². The molecule has 0 bridgehead atoms. The summed E-state index contributed by atoms with van der Waals surface area (Å²) in [6.45, 7) is 1.49. The number of benzene rings is 1. The van der Waals surface area contributed by atoms with Crippen molar-refractivity contribution < 1.29 is 13.3 Å². The Morgan fingerprint density at radius 1 is 1.42 bits per heavy atom. The number of nitro benzene ring substituents is 1. The monoisotopic (exact) mass is 283 g/mol. The maximum Gasteiger partial charge on any atom is 0.273 e. The molecule has 0 radical (unpaired) electrons. The van der Waals surface area contributed by atoms with E-state index in [1.807, 2.05) is 0 Å². The molecule has 8 heteroatoms. The molecule has 0 saturated heterocycles. The van der Waals surface area contributed by atoms with Gasteiger partial charge in [0, 0.05) is 18.2 Å². The summed E-state index contributed by atoms with van der Waals surface area (Å²) in [6.07, 6.45) is 0. The highest BCUT2D eigenvalue weighted by Crippen LogP contribution is 2.21. The number of nitriles is 1. The van der Waals surface area contributed by atoms with Crippen molar-refractivity contribution in [2.45, 2.75) is 12.7 Å². The Bertz CT molecular complexity index is 607. The van der Waals surface area contributed by atoms with Crippen LogP contribution in [0.15, 0.2) is 24.3 Å². The minimum atomic E-state index is -3.74. The Morgan fingerprint density at radius 3 is 2.58 bits per heavy atom. The maximum atomic E-state index is 12.0. The lowest BCUT2D eigenvalue weighted by molar-refractivity contribution is -0.385. The first-order chi connectivity index (χ1) is 8.92. The van der Waals surface area contributed by atoms with Crippen molar-refractivity contribution >= 4 is 15.7 Å². The molecule has 1 aromatic carbocycles. The molecular weight excluding hydrogens is 270 g/mol. The van der Waals surface area contributed by atoms with Crippen LogP contribution in [0.4, 0.5) is 5.69 Å². The van der Waals surface area contributed by atoms with E-state index in [-0.39, 0.29) is 24.3 Å². The normalized spacial score (nSPS) is 11.2. The van der Waals surface area contributed by atoms with Crippen LogP contribution in [0.2, 0.25) is 0 Å². The highest BCUT2D eigenvalue weighted by Gasteiger charge is 2.24. The van der Waals surface area contributed by atoms with Gasteiger partial charge in [-0.15, -0.1) is 0 Å². The highest BCUT2D eigenvalue weighted by molar-refractivity contribution is 7.88. The van der Waals surface area contributed by atoms with Crippen molar-refractivity contribution in [3.05, 3.63) is 39.9 Å². The zero-order valence-electron chi connectivity index (χ0n) is 10.3. The van der Waals surface area contributed by atoms with Crippen molar-refractivity contribution in [3.63, 3.8) is 0 Å². The van der Waals surface area contributed by atoms with Gasteiger partial charge >= 0.3 is 0 Å². The minimum absolute atomic E-state index is 0.115. The van der Waals surface area contributed by atoms with Gasteiger partial charge in [-0.3, -0.25) is 10.1 Å². The van der Waals surface area contributed by atoms with E-state index in [2.05, 4.69) is 0 Å². The van der Waals surface area contributed by atoms with Gasteiger partial charge in [-0.25, -0.2) is 8.42 Å². The summed E-state index contributed by atoms with van der Waals surface area (Å²) in [4.78, 5) is 10.2. The Balaban J connectivity index is 3.09. The second-order valence-corrected chi connectivity index (χ2v) is 5.70. The molecule has 0 heterocycles. The van der Waals surface area contributed by atoms with E-state index in [0.29, 0.717) is 0 Å². The molecule has 0 aliphatic heterocycles. The second-order valence-electron chi connectivity index (χ2n) is 3.73. The summed E-state index contributed by atoms with van der Waals surface area (Å²) >= 11 is 0. The quantitative estimate of drug-likeness (QED) is 0.444. The second kappa shape index (κ2) is 6.26. The molecule has 0 unspecified atom stereocenters. The molecule has 7 nitrogen and oxygen atoms in total. The van der Waals surface area contributed by atoms with Gasteiger partial charge in [-0.05, 0) is 0 Å². The largest absolute Gasteiger partial charge is 0.273 e. The summed E-state index contributed by atoms with van der Waals surface area (Å²) in [7, 11) is -3.74. The molecule has 0 N–H and O–H groups in total. The van der Waals surface area contributed by atoms with E-state index in [1.54, 1.807) is 19.1 Å². The standard InChI is InChI=1S/C11H13N3O4S/c1-2-13(8-7-12)19(17,18)9-10-5-3-4-6-11(10)14(15)16/h3-6H,2,8-9H2,1H3. The van der Waals surface area contributed by atoms with Gasteiger partial charge in [0.2, 0.25) is 10.0 Å². The number of nitrogens with zero attached hydrogens (tertiary/aromatic N) is 3. The van der Waals surface area contributed by atoms with Crippen LogP contribution in [-0.2, 0) is 15.8 Å². The number of rotatable bonds is 6. The number of hydrogen-bond acceptors (Lipinski definition) is 5. The van der Waals surface area contributed by atoms with E-state index in [0.717, 1.165) is 4.31 Å². The van der Waals surface area contributed by atoms with Crippen molar-refractivity contribution in [2.75, 3.05) is 13.1 Å². The van der Waals surface area contributed by atoms with Gasteiger partial charge in [0.15, 0.2) is 0 Å². The van der Waals surface area contributed by atoms with Crippen LogP contribution in [0.25, 0.3) is 0 Å². The van der Waals surface area contributed by atoms with E-state index in [1.165, 1.54) is 18.2 Å². The van der Waals surface area contributed by atoms with Crippen LogP contribution in [0.3, 0.4) is 0 Å². The SMILES string of the molecule is CCN(CC#N)S(=O)(=O)Cc1ccccc1[N+](=O)[O-]. The first-order valence-corrected chi connectivity index (χ1v) is 7.10. The topological polar surface area (TPSA) is 104 Å². The van der Waals surface area contributed by atoms with Gasteiger partial charge in [-0.2, -0.15) is 9.57 Å². The predicted octanol–water partition coefficient (Wildman–Crippen LogP) is 1.27. The first-order valence-electron chi connectivity index (χ1n) is 5.49. The van der Waals surface area contributed by atoms with Crippen LogP contribution in [0.5, 0.6) is 0 Å². The smallest absolute Gasteiger partial charge is 0.258 e. The fourth-order valence-electron chi connectivity index (χ4n) is 1.58. The van der Waals surface area contributed by atoms with Crippen molar-refractivity contribution in [2.24, 2.45) is 0 Å².